The van der Waals surface area contributed by atoms with Crippen LogP contribution in [0.2, 0.25) is 0 Å². The first kappa shape index (κ1) is 13.2. The maximum Gasteiger partial charge on any atom is 0.0949 e. The minimum Gasteiger partial charge on any atom is -0.332 e. The number of imidazole rings is 1. The topological polar surface area (TPSA) is 33.1 Å². The molecule has 0 aliphatic rings. The minimum absolute atomic E-state index is 0.693. The fourth-order valence-corrected chi connectivity index (χ4v) is 1.49. The fourth-order valence-electron chi connectivity index (χ4n) is 1.49. The molecular weight excluding hydrogens is 200 g/mol. The van der Waals surface area contributed by atoms with Crippen LogP contribution in [-0.4, -0.2) is 41.6 Å². The van der Waals surface area contributed by atoms with Crippen molar-refractivity contribution < 1.29 is 0 Å². The average Bonchev–Trinajstić information content (AvgIpc) is 2.62. The summed E-state index contributed by atoms with van der Waals surface area (Å²) in [6.07, 6.45) is 3.86. The molecule has 0 spiro atoms. The van der Waals surface area contributed by atoms with Gasteiger partial charge in [0.05, 0.1) is 12.0 Å². The Morgan fingerprint density at radius 3 is 2.81 bits per heavy atom. The summed E-state index contributed by atoms with van der Waals surface area (Å²) >= 11 is 0. The van der Waals surface area contributed by atoms with Crippen LogP contribution < -0.4 is 5.32 Å². The lowest BCUT2D eigenvalue weighted by atomic mass is 10.2. The molecule has 4 nitrogen and oxygen atoms in total. The Morgan fingerprint density at radius 2 is 2.19 bits per heavy atom. The molecule has 0 radical (unpaired) electrons. The SMILES string of the molecule is CC(C)CNCc1cncn1CCN(C)C. The first-order chi connectivity index (χ1) is 7.59. The number of aromatic nitrogens is 2. The molecule has 92 valence electrons. The van der Waals surface area contributed by atoms with Crippen molar-refractivity contribution >= 4 is 0 Å². The van der Waals surface area contributed by atoms with E-state index in [9.17, 15) is 0 Å². The second-order valence-electron chi connectivity index (χ2n) is 4.91. The second kappa shape index (κ2) is 6.66. The molecular formula is C12H24N4. The van der Waals surface area contributed by atoms with E-state index < -0.39 is 0 Å². The first-order valence-corrected chi connectivity index (χ1v) is 5.94. The van der Waals surface area contributed by atoms with Crippen LogP contribution in [-0.2, 0) is 13.1 Å². The van der Waals surface area contributed by atoms with Gasteiger partial charge in [-0.1, -0.05) is 13.8 Å². The van der Waals surface area contributed by atoms with Crippen molar-refractivity contribution in [3.63, 3.8) is 0 Å². The van der Waals surface area contributed by atoms with Gasteiger partial charge in [0.15, 0.2) is 0 Å². The molecule has 0 amide bonds. The number of nitrogens with one attached hydrogen (secondary N) is 1. The van der Waals surface area contributed by atoms with E-state index in [1.165, 1.54) is 5.69 Å². The van der Waals surface area contributed by atoms with Crippen LogP contribution in [0.15, 0.2) is 12.5 Å². The van der Waals surface area contributed by atoms with E-state index >= 15 is 0 Å². The quantitative estimate of drug-likeness (QED) is 0.755. The van der Waals surface area contributed by atoms with E-state index in [4.69, 9.17) is 0 Å². The molecule has 0 saturated heterocycles. The molecule has 0 aromatic carbocycles. The van der Waals surface area contributed by atoms with Crippen LogP contribution in [0.25, 0.3) is 0 Å². The number of hydrogen-bond acceptors (Lipinski definition) is 3. The Balaban J connectivity index is 2.38. The van der Waals surface area contributed by atoms with Crippen LogP contribution in [0.4, 0.5) is 0 Å². The van der Waals surface area contributed by atoms with Gasteiger partial charge in [0.2, 0.25) is 0 Å². The van der Waals surface area contributed by atoms with E-state index in [0.29, 0.717) is 5.92 Å². The monoisotopic (exact) mass is 224 g/mol. The van der Waals surface area contributed by atoms with Crippen molar-refractivity contribution in [1.29, 1.82) is 0 Å². The molecule has 0 aliphatic carbocycles. The van der Waals surface area contributed by atoms with Gasteiger partial charge in [-0.15, -0.1) is 0 Å². The van der Waals surface area contributed by atoms with Crippen molar-refractivity contribution in [3.05, 3.63) is 18.2 Å². The van der Waals surface area contributed by atoms with Gasteiger partial charge in [-0.3, -0.25) is 0 Å². The fraction of sp³-hybridized carbons (Fsp3) is 0.750. The van der Waals surface area contributed by atoms with Gasteiger partial charge >= 0.3 is 0 Å². The van der Waals surface area contributed by atoms with Gasteiger partial charge in [0.25, 0.3) is 0 Å². The largest absolute Gasteiger partial charge is 0.332 e. The van der Waals surface area contributed by atoms with Crippen LogP contribution in [0.5, 0.6) is 0 Å². The molecule has 4 heteroatoms. The van der Waals surface area contributed by atoms with Crippen LogP contribution in [0.3, 0.4) is 0 Å². The highest BCUT2D eigenvalue weighted by molar-refractivity contribution is 4.97. The van der Waals surface area contributed by atoms with E-state index in [2.05, 4.69) is 47.7 Å². The third-order valence-corrected chi connectivity index (χ3v) is 2.45. The van der Waals surface area contributed by atoms with E-state index in [-0.39, 0.29) is 0 Å². The molecule has 1 heterocycles. The molecule has 1 aromatic heterocycles. The summed E-state index contributed by atoms with van der Waals surface area (Å²) in [5, 5.41) is 3.44. The third-order valence-electron chi connectivity index (χ3n) is 2.45. The highest BCUT2D eigenvalue weighted by Crippen LogP contribution is 2.00. The summed E-state index contributed by atoms with van der Waals surface area (Å²) in [5.41, 5.74) is 1.27. The molecule has 1 aromatic rings. The predicted molar refractivity (Wildman–Crippen MR) is 67.3 cm³/mol. The Labute approximate surface area is 98.7 Å². The summed E-state index contributed by atoms with van der Waals surface area (Å²) in [7, 11) is 4.18. The lowest BCUT2D eigenvalue weighted by Gasteiger charge is -2.13. The third kappa shape index (κ3) is 4.77. The molecule has 0 aliphatic heterocycles. The van der Waals surface area contributed by atoms with Crippen molar-refractivity contribution in [3.8, 4) is 0 Å². The summed E-state index contributed by atoms with van der Waals surface area (Å²) in [6, 6.07) is 0. The summed E-state index contributed by atoms with van der Waals surface area (Å²) in [6.45, 7) is 8.45. The second-order valence-corrected chi connectivity index (χ2v) is 4.91. The molecule has 0 bridgehead atoms. The van der Waals surface area contributed by atoms with Crippen LogP contribution in [0.1, 0.15) is 19.5 Å². The molecule has 1 N–H and O–H groups in total. The maximum atomic E-state index is 4.20. The van der Waals surface area contributed by atoms with E-state index in [1.807, 2.05) is 12.5 Å². The molecule has 1 rings (SSSR count). The Morgan fingerprint density at radius 1 is 1.44 bits per heavy atom. The Hall–Kier alpha value is -0.870. The zero-order valence-corrected chi connectivity index (χ0v) is 10.9. The smallest absolute Gasteiger partial charge is 0.0949 e. The van der Waals surface area contributed by atoms with Gasteiger partial charge in [-0.2, -0.15) is 0 Å². The standard InChI is InChI=1S/C12H24N4/c1-11(2)7-13-8-12-9-14-10-16(12)6-5-15(3)4/h9-11,13H,5-8H2,1-4H3. The normalized spacial score (nSPS) is 11.6. The van der Waals surface area contributed by atoms with Crippen molar-refractivity contribution in [2.24, 2.45) is 5.92 Å². The van der Waals surface area contributed by atoms with E-state index in [0.717, 1.165) is 26.2 Å². The van der Waals surface area contributed by atoms with Gasteiger partial charge in [-0.25, -0.2) is 4.98 Å². The molecule has 16 heavy (non-hydrogen) atoms. The number of nitrogens with zero attached hydrogens (tertiary/aromatic N) is 3. The molecule has 0 atom stereocenters. The number of rotatable bonds is 7. The van der Waals surface area contributed by atoms with Gasteiger partial charge in [0.1, 0.15) is 0 Å². The van der Waals surface area contributed by atoms with Crippen molar-refractivity contribution in [2.45, 2.75) is 26.9 Å². The zero-order valence-electron chi connectivity index (χ0n) is 10.9. The first-order valence-electron chi connectivity index (χ1n) is 5.94. The van der Waals surface area contributed by atoms with Crippen molar-refractivity contribution in [2.75, 3.05) is 27.2 Å². The lowest BCUT2D eigenvalue weighted by Crippen LogP contribution is -2.23. The summed E-state index contributed by atoms with van der Waals surface area (Å²) in [4.78, 5) is 6.39. The predicted octanol–water partition coefficient (Wildman–Crippen LogP) is 1.19. The Bertz CT molecular complexity index is 291. The maximum absolute atomic E-state index is 4.20. The molecule has 0 saturated carbocycles. The summed E-state index contributed by atoms with van der Waals surface area (Å²) in [5.74, 6) is 0.693. The van der Waals surface area contributed by atoms with Gasteiger partial charge in [-0.05, 0) is 26.6 Å². The average molecular weight is 224 g/mol. The van der Waals surface area contributed by atoms with Gasteiger partial charge < -0.3 is 14.8 Å². The number of hydrogen-bond donors (Lipinski definition) is 1. The van der Waals surface area contributed by atoms with Gasteiger partial charge in [0, 0.05) is 25.8 Å². The molecule has 0 unspecified atom stereocenters. The minimum atomic E-state index is 0.693. The Kier molecular flexibility index (Phi) is 5.49. The van der Waals surface area contributed by atoms with Crippen LogP contribution in [0, 0.1) is 5.92 Å². The highest BCUT2D eigenvalue weighted by Gasteiger charge is 2.02. The van der Waals surface area contributed by atoms with Crippen molar-refractivity contribution in [1.82, 2.24) is 19.8 Å². The lowest BCUT2D eigenvalue weighted by molar-refractivity contribution is 0.379. The van der Waals surface area contributed by atoms with Crippen LogP contribution >= 0.6 is 0 Å². The number of likely N-dealkylation sites (N-methyl/N-ethyl adjacent to an activating group) is 1. The summed E-state index contributed by atoms with van der Waals surface area (Å²) < 4.78 is 2.22. The van der Waals surface area contributed by atoms with E-state index in [1.54, 1.807) is 0 Å². The highest BCUT2D eigenvalue weighted by atomic mass is 15.1. The molecule has 0 fully saturated rings. The zero-order chi connectivity index (χ0) is 12.0.